The molecule has 1 N–H and O–H groups in total. The first kappa shape index (κ1) is 26.3. The highest BCUT2D eigenvalue weighted by atomic mass is 32.2. The number of piperidine rings is 1. The fourth-order valence-electron chi connectivity index (χ4n) is 4.40. The average molecular weight is 529 g/mol. The molecule has 194 valence electrons. The number of aryl methyl sites for hydroxylation is 1. The van der Waals surface area contributed by atoms with Crippen molar-refractivity contribution in [2.45, 2.75) is 32.6 Å². The highest BCUT2D eigenvalue weighted by molar-refractivity contribution is 7.92. The Morgan fingerprint density at radius 1 is 1.08 bits per heavy atom. The number of nitrogens with one attached hydrogen (secondary N) is 1. The summed E-state index contributed by atoms with van der Waals surface area (Å²) < 4.78 is 56.3. The monoisotopic (exact) mass is 528 g/mol. The van der Waals surface area contributed by atoms with E-state index in [2.05, 4.69) is 14.7 Å². The average Bonchev–Trinajstić information content (AvgIpc) is 2.83. The first-order chi connectivity index (χ1) is 17.5. The van der Waals surface area contributed by atoms with Crippen LogP contribution in [0.15, 0.2) is 48.8 Å². The number of ketones is 1. The molecular formula is C26H26F2N4O4S. The third-order valence-electron chi connectivity index (χ3n) is 6.10. The summed E-state index contributed by atoms with van der Waals surface area (Å²) in [5.41, 5.74) is 1.12. The number of para-hydroxylation sites is 1. The molecule has 1 aliphatic rings. The van der Waals surface area contributed by atoms with Gasteiger partial charge in [-0.2, -0.15) is 0 Å². The fourth-order valence-corrected chi connectivity index (χ4v) is 4.98. The second kappa shape index (κ2) is 10.7. The van der Waals surface area contributed by atoms with Crippen molar-refractivity contribution in [3.8, 4) is 11.1 Å². The van der Waals surface area contributed by atoms with Crippen molar-refractivity contribution in [3.63, 3.8) is 0 Å². The lowest BCUT2D eigenvalue weighted by molar-refractivity contribution is -0.128. The van der Waals surface area contributed by atoms with Crippen LogP contribution in [0, 0.1) is 24.5 Å². The van der Waals surface area contributed by atoms with Gasteiger partial charge in [0.05, 0.1) is 35.4 Å². The zero-order chi connectivity index (χ0) is 26.7. The molecule has 1 aromatic heterocycles. The second-order valence-corrected chi connectivity index (χ2v) is 10.8. The molecule has 11 heteroatoms. The van der Waals surface area contributed by atoms with Crippen LogP contribution < -0.4 is 9.62 Å². The molecule has 1 amide bonds. The van der Waals surface area contributed by atoms with Gasteiger partial charge >= 0.3 is 0 Å². The van der Waals surface area contributed by atoms with Crippen molar-refractivity contribution in [2.75, 3.05) is 22.4 Å². The van der Waals surface area contributed by atoms with E-state index in [1.807, 2.05) is 0 Å². The lowest BCUT2D eigenvalue weighted by Crippen LogP contribution is -2.42. The van der Waals surface area contributed by atoms with Crippen molar-refractivity contribution < 1.29 is 26.8 Å². The van der Waals surface area contributed by atoms with Crippen LogP contribution in [0.4, 0.5) is 20.2 Å². The molecule has 3 aromatic rings. The minimum atomic E-state index is -3.66. The van der Waals surface area contributed by atoms with Crippen molar-refractivity contribution in [1.29, 1.82) is 0 Å². The number of amides is 1. The van der Waals surface area contributed by atoms with Crippen LogP contribution >= 0.6 is 0 Å². The fraction of sp³-hybridized carbons (Fsp3) is 0.308. The van der Waals surface area contributed by atoms with Crippen LogP contribution in [0.3, 0.4) is 0 Å². The van der Waals surface area contributed by atoms with Crippen LogP contribution in [0.2, 0.25) is 0 Å². The lowest BCUT2D eigenvalue weighted by Gasteiger charge is -2.32. The Balaban J connectivity index is 1.55. The summed E-state index contributed by atoms with van der Waals surface area (Å²) in [6.45, 7) is 1.97. The molecule has 1 fully saturated rings. The summed E-state index contributed by atoms with van der Waals surface area (Å²) >= 11 is 0. The largest absolute Gasteiger partial charge is 0.309 e. The highest BCUT2D eigenvalue weighted by Gasteiger charge is 2.33. The number of sulfonamides is 1. The van der Waals surface area contributed by atoms with Crippen molar-refractivity contribution >= 4 is 33.1 Å². The maximum Gasteiger partial charge on any atom is 0.230 e. The van der Waals surface area contributed by atoms with E-state index in [0.717, 1.165) is 11.9 Å². The summed E-state index contributed by atoms with van der Waals surface area (Å²) in [6.07, 6.45) is 5.04. The topological polar surface area (TPSA) is 109 Å². The van der Waals surface area contributed by atoms with Gasteiger partial charge in [0.25, 0.3) is 0 Å². The molecule has 0 saturated carbocycles. The van der Waals surface area contributed by atoms with E-state index in [4.69, 9.17) is 0 Å². The number of carbonyl (C=O) groups excluding carboxylic acids is 2. The molecule has 1 atom stereocenters. The molecule has 2 heterocycles. The quantitative estimate of drug-likeness (QED) is 0.473. The van der Waals surface area contributed by atoms with Gasteiger partial charge in [0.1, 0.15) is 5.78 Å². The van der Waals surface area contributed by atoms with Crippen LogP contribution in [0.1, 0.15) is 30.7 Å². The summed E-state index contributed by atoms with van der Waals surface area (Å²) in [6, 6.07) is 8.67. The molecule has 0 radical (unpaired) electrons. The third-order valence-corrected chi connectivity index (χ3v) is 6.69. The van der Waals surface area contributed by atoms with Crippen molar-refractivity contribution in [1.82, 2.24) is 9.97 Å². The molecule has 1 aliphatic heterocycles. The number of hydrogen-bond donors (Lipinski definition) is 1. The Morgan fingerprint density at radius 2 is 1.84 bits per heavy atom. The van der Waals surface area contributed by atoms with Crippen LogP contribution in [-0.2, 0) is 26.0 Å². The number of nitrogens with zero attached hydrogens (tertiary/aromatic N) is 3. The predicted octanol–water partition coefficient (Wildman–Crippen LogP) is 4.05. The first-order valence-electron chi connectivity index (χ1n) is 11.7. The molecule has 0 aliphatic carbocycles. The summed E-state index contributed by atoms with van der Waals surface area (Å²) in [5, 5.41) is 0. The van der Waals surface area contributed by atoms with Crippen LogP contribution in [-0.4, -0.2) is 42.9 Å². The van der Waals surface area contributed by atoms with Gasteiger partial charge < -0.3 is 4.90 Å². The van der Waals surface area contributed by atoms with E-state index in [1.165, 1.54) is 35.4 Å². The van der Waals surface area contributed by atoms with Gasteiger partial charge in [-0.05, 0) is 38.0 Å². The third kappa shape index (κ3) is 6.16. The molecule has 2 aromatic carbocycles. The Hall–Kier alpha value is -3.73. The van der Waals surface area contributed by atoms with Crippen molar-refractivity contribution in [2.24, 2.45) is 5.92 Å². The zero-order valence-electron chi connectivity index (χ0n) is 20.4. The molecule has 1 saturated heterocycles. The Morgan fingerprint density at radius 3 is 2.54 bits per heavy atom. The number of halogens is 2. The minimum Gasteiger partial charge on any atom is -0.309 e. The van der Waals surface area contributed by atoms with Gasteiger partial charge in [-0.3, -0.25) is 24.3 Å². The number of aromatic nitrogens is 2. The normalized spacial score (nSPS) is 16.1. The maximum atomic E-state index is 15.3. The van der Waals surface area contributed by atoms with Gasteiger partial charge in [0, 0.05) is 42.4 Å². The number of carbonyl (C=O) groups is 2. The lowest BCUT2D eigenvalue weighted by atomic mass is 9.90. The Labute approximate surface area is 213 Å². The Kier molecular flexibility index (Phi) is 7.63. The molecule has 0 spiro atoms. The number of hydrogen-bond acceptors (Lipinski definition) is 6. The van der Waals surface area contributed by atoms with Crippen LogP contribution in [0.25, 0.3) is 11.1 Å². The van der Waals surface area contributed by atoms with Gasteiger partial charge in [0.15, 0.2) is 11.6 Å². The minimum absolute atomic E-state index is 0.0301. The van der Waals surface area contributed by atoms with E-state index in [9.17, 15) is 18.0 Å². The standard InChI is InChI=1S/C26H26F2N4O4S/c1-16-14-30-18(15-29-16)13-19(33)12-17-6-5-11-32(26(17)34)23-10-9-21(24(27)25(23)28)20-7-3-4-8-22(20)31-37(2,35)36/h3-4,7-10,14-15,17,31H,5-6,11-13H2,1-2H3/t17-/m0/s1. The van der Waals surface area contributed by atoms with Crippen LogP contribution in [0.5, 0.6) is 0 Å². The second-order valence-electron chi connectivity index (χ2n) is 9.08. The van der Waals surface area contributed by atoms with Gasteiger partial charge in [-0.15, -0.1) is 0 Å². The molecule has 37 heavy (non-hydrogen) atoms. The number of rotatable bonds is 8. The van der Waals surface area contributed by atoms with Gasteiger partial charge in [-0.1, -0.05) is 18.2 Å². The van der Waals surface area contributed by atoms with Gasteiger partial charge in [-0.25, -0.2) is 17.2 Å². The smallest absolute Gasteiger partial charge is 0.230 e. The SMILES string of the molecule is Cc1cnc(CC(=O)C[C@@H]2CCCN(c3ccc(-c4ccccc4NS(C)(=O)=O)c(F)c3F)C2=O)cn1. The summed E-state index contributed by atoms with van der Waals surface area (Å²) in [4.78, 5) is 35.2. The molecule has 0 bridgehead atoms. The summed E-state index contributed by atoms with van der Waals surface area (Å²) in [5.74, 6) is -3.71. The molecule has 4 rings (SSSR count). The highest BCUT2D eigenvalue weighted by Crippen LogP contribution is 2.36. The maximum absolute atomic E-state index is 15.3. The summed E-state index contributed by atoms with van der Waals surface area (Å²) in [7, 11) is -3.66. The molecule has 0 unspecified atom stereocenters. The van der Waals surface area contributed by atoms with E-state index in [1.54, 1.807) is 25.3 Å². The number of benzene rings is 2. The molecular weight excluding hydrogens is 502 g/mol. The predicted molar refractivity (Wildman–Crippen MR) is 135 cm³/mol. The number of anilines is 2. The van der Waals surface area contributed by atoms with Crippen molar-refractivity contribution in [3.05, 3.63) is 71.8 Å². The first-order valence-corrected chi connectivity index (χ1v) is 13.6. The van der Waals surface area contributed by atoms with E-state index in [0.29, 0.717) is 18.5 Å². The van der Waals surface area contributed by atoms with E-state index in [-0.39, 0.29) is 47.7 Å². The zero-order valence-corrected chi connectivity index (χ0v) is 21.2. The Bertz CT molecular complexity index is 1450. The van der Waals surface area contributed by atoms with Gasteiger partial charge in [0.2, 0.25) is 15.9 Å². The van der Waals surface area contributed by atoms with E-state index < -0.39 is 33.5 Å². The molecule has 8 nitrogen and oxygen atoms in total. The van der Waals surface area contributed by atoms with E-state index >= 15 is 8.78 Å². The number of Topliss-reactive ketones (excluding diaryl/α,β-unsaturated/α-hetero) is 1.